The second-order valence-corrected chi connectivity index (χ2v) is 4.52. The number of benzene rings is 1. The minimum Gasteiger partial charge on any atom is -0.493 e. The van der Waals surface area contributed by atoms with Crippen LogP contribution in [0.4, 0.5) is 5.69 Å². The number of aromatic nitrogens is 1. The molecule has 0 spiro atoms. The van der Waals surface area contributed by atoms with E-state index in [1.165, 1.54) is 13.2 Å². The van der Waals surface area contributed by atoms with Crippen molar-refractivity contribution in [1.29, 1.82) is 0 Å². The summed E-state index contributed by atoms with van der Waals surface area (Å²) in [5, 5.41) is 3.23. The zero-order valence-corrected chi connectivity index (χ0v) is 11.7. The van der Waals surface area contributed by atoms with Gasteiger partial charge in [-0.2, -0.15) is 0 Å². The summed E-state index contributed by atoms with van der Waals surface area (Å²) in [6, 6.07) is 9.92. The lowest BCUT2D eigenvalue weighted by Gasteiger charge is -2.06. The molecule has 2 heterocycles. The van der Waals surface area contributed by atoms with Crippen LogP contribution >= 0.6 is 0 Å². The number of ether oxygens (including phenoxy) is 1. The largest absolute Gasteiger partial charge is 0.493 e. The van der Waals surface area contributed by atoms with E-state index in [2.05, 4.69) is 10.3 Å². The summed E-state index contributed by atoms with van der Waals surface area (Å²) in [6.07, 6.45) is 3.09. The Morgan fingerprint density at radius 2 is 2.00 bits per heavy atom. The number of para-hydroxylation sites is 1. The maximum absolute atomic E-state index is 12.2. The van der Waals surface area contributed by atoms with E-state index in [0.717, 1.165) is 0 Å². The number of methoxy groups -OCH3 is 1. The molecule has 2 aromatic heterocycles. The lowest BCUT2D eigenvalue weighted by molar-refractivity contribution is 0.102. The predicted octanol–water partition coefficient (Wildman–Crippen LogP) is 2.45. The van der Waals surface area contributed by atoms with E-state index in [1.54, 1.807) is 42.7 Å². The van der Waals surface area contributed by atoms with Crippen molar-refractivity contribution in [2.24, 2.45) is 0 Å². The molecule has 110 valence electrons. The molecule has 0 saturated heterocycles. The SMILES string of the molecule is COc1cccc2cc(C(=O)Nc3ccncc3)c(=O)oc12. The third kappa shape index (κ3) is 2.54. The Morgan fingerprint density at radius 3 is 2.73 bits per heavy atom. The first kappa shape index (κ1) is 13.8. The summed E-state index contributed by atoms with van der Waals surface area (Å²) in [5.74, 6) is -0.0969. The number of hydrogen-bond donors (Lipinski definition) is 1. The number of amides is 1. The van der Waals surface area contributed by atoms with Crippen LogP contribution in [0.1, 0.15) is 10.4 Å². The van der Waals surface area contributed by atoms with Crippen molar-refractivity contribution in [2.75, 3.05) is 12.4 Å². The number of hydrogen-bond acceptors (Lipinski definition) is 5. The van der Waals surface area contributed by atoms with Crippen LogP contribution in [0.2, 0.25) is 0 Å². The van der Waals surface area contributed by atoms with Crippen LogP contribution in [0, 0.1) is 0 Å². The molecule has 0 unspecified atom stereocenters. The fraction of sp³-hybridized carbons (Fsp3) is 0.0625. The van der Waals surface area contributed by atoms with Crippen LogP contribution in [0.5, 0.6) is 5.75 Å². The van der Waals surface area contributed by atoms with Crippen LogP contribution in [-0.4, -0.2) is 18.0 Å². The summed E-state index contributed by atoms with van der Waals surface area (Å²) >= 11 is 0. The van der Waals surface area contributed by atoms with E-state index in [1.807, 2.05) is 0 Å². The molecule has 0 bridgehead atoms. The third-order valence-electron chi connectivity index (χ3n) is 3.13. The van der Waals surface area contributed by atoms with Gasteiger partial charge in [-0.25, -0.2) is 4.79 Å². The van der Waals surface area contributed by atoms with E-state index in [4.69, 9.17) is 9.15 Å². The van der Waals surface area contributed by atoms with Gasteiger partial charge in [0, 0.05) is 23.5 Å². The van der Waals surface area contributed by atoms with Crippen LogP contribution in [0.25, 0.3) is 11.0 Å². The van der Waals surface area contributed by atoms with Crippen LogP contribution in [-0.2, 0) is 0 Å². The topological polar surface area (TPSA) is 81.4 Å². The summed E-state index contributed by atoms with van der Waals surface area (Å²) in [7, 11) is 1.48. The molecule has 6 heteroatoms. The van der Waals surface area contributed by atoms with Gasteiger partial charge in [0.05, 0.1) is 7.11 Å². The Morgan fingerprint density at radius 1 is 1.23 bits per heavy atom. The molecule has 1 amide bonds. The quantitative estimate of drug-likeness (QED) is 0.751. The van der Waals surface area contributed by atoms with E-state index in [0.29, 0.717) is 22.4 Å². The minimum atomic E-state index is -0.719. The zero-order chi connectivity index (χ0) is 15.5. The lowest BCUT2D eigenvalue weighted by atomic mass is 10.1. The molecular formula is C16H12N2O4. The number of rotatable bonds is 3. The van der Waals surface area contributed by atoms with Crippen molar-refractivity contribution in [1.82, 2.24) is 4.98 Å². The highest BCUT2D eigenvalue weighted by Gasteiger charge is 2.15. The van der Waals surface area contributed by atoms with Gasteiger partial charge >= 0.3 is 5.63 Å². The fourth-order valence-electron chi connectivity index (χ4n) is 2.07. The monoisotopic (exact) mass is 296 g/mol. The number of nitrogens with zero attached hydrogens (tertiary/aromatic N) is 1. The van der Waals surface area contributed by atoms with Crippen LogP contribution in [0.15, 0.2) is 58.0 Å². The minimum absolute atomic E-state index is 0.0717. The number of pyridine rings is 1. The molecule has 22 heavy (non-hydrogen) atoms. The molecule has 1 aromatic carbocycles. The summed E-state index contributed by atoms with van der Waals surface area (Å²) in [4.78, 5) is 28.1. The number of carbonyl (C=O) groups is 1. The Balaban J connectivity index is 2.02. The average Bonchev–Trinajstić information content (AvgIpc) is 2.54. The maximum atomic E-state index is 12.2. The normalized spacial score (nSPS) is 10.4. The van der Waals surface area contributed by atoms with Crippen LogP contribution in [0.3, 0.4) is 0 Å². The van der Waals surface area contributed by atoms with Gasteiger partial charge in [-0.15, -0.1) is 0 Å². The van der Waals surface area contributed by atoms with Crippen molar-refractivity contribution >= 4 is 22.6 Å². The van der Waals surface area contributed by atoms with Gasteiger partial charge in [0.2, 0.25) is 0 Å². The van der Waals surface area contributed by atoms with Crippen molar-refractivity contribution in [3.05, 3.63) is 64.8 Å². The first-order valence-corrected chi connectivity index (χ1v) is 6.51. The average molecular weight is 296 g/mol. The third-order valence-corrected chi connectivity index (χ3v) is 3.13. The molecule has 0 aliphatic rings. The Hall–Kier alpha value is -3.15. The second-order valence-electron chi connectivity index (χ2n) is 4.52. The highest BCUT2D eigenvalue weighted by molar-refractivity contribution is 6.05. The van der Waals surface area contributed by atoms with Crippen molar-refractivity contribution in [2.45, 2.75) is 0 Å². The smallest absolute Gasteiger partial charge is 0.349 e. The van der Waals surface area contributed by atoms with Crippen molar-refractivity contribution < 1.29 is 13.9 Å². The van der Waals surface area contributed by atoms with Crippen molar-refractivity contribution in [3.8, 4) is 5.75 Å². The fourth-order valence-corrected chi connectivity index (χ4v) is 2.07. The van der Waals surface area contributed by atoms with Gasteiger partial charge in [-0.05, 0) is 24.3 Å². The Kier molecular flexibility index (Phi) is 3.57. The highest BCUT2D eigenvalue weighted by Crippen LogP contribution is 2.24. The van der Waals surface area contributed by atoms with Gasteiger partial charge in [-0.1, -0.05) is 12.1 Å². The molecule has 3 aromatic rings. The number of carbonyl (C=O) groups excluding carboxylic acids is 1. The molecule has 0 aliphatic carbocycles. The summed E-state index contributed by atoms with van der Waals surface area (Å²) in [5.41, 5.74) is 0.0710. The van der Waals surface area contributed by atoms with E-state index >= 15 is 0 Å². The van der Waals surface area contributed by atoms with Crippen LogP contribution < -0.4 is 15.7 Å². The summed E-state index contributed by atoms with van der Waals surface area (Å²) < 4.78 is 10.4. The molecule has 0 radical (unpaired) electrons. The molecule has 1 N–H and O–H groups in total. The molecule has 0 saturated carbocycles. The predicted molar refractivity (Wildman–Crippen MR) is 81.2 cm³/mol. The van der Waals surface area contributed by atoms with Gasteiger partial charge in [0.25, 0.3) is 5.91 Å². The Bertz CT molecular complexity index is 888. The number of fused-ring (bicyclic) bond motifs is 1. The Labute approximate surface area is 125 Å². The maximum Gasteiger partial charge on any atom is 0.349 e. The molecule has 0 fully saturated rings. The standard InChI is InChI=1S/C16H12N2O4/c1-21-13-4-2-3-10-9-12(16(20)22-14(10)13)15(19)18-11-5-7-17-8-6-11/h2-9H,1H3,(H,17,18,19). The number of anilines is 1. The first-order chi connectivity index (χ1) is 10.7. The van der Waals surface area contributed by atoms with Crippen molar-refractivity contribution in [3.63, 3.8) is 0 Å². The molecule has 0 aliphatic heterocycles. The van der Waals surface area contributed by atoms with E-state index in [-0.39, 0.29) is 5.56 Å². The summed E-state index contributed by atoms with van der Waals surface area (Å²) in [6.45, 7) is 0. The first-order valence-electron chi connectivity index (χ1n) is 6.51. The number of nitrogens with one attached hydrogen (secondary N) is 1. The van der Waals surface area contributed by atoms with Gasteiger partial charge in [-0.3, -0.25) is 9.78 Å². The van der Waals surface area contributed by atoms with Gasteiger partial charge in [0.15, 0.2) is 11.3 Å². The lowest BCUT2D eigenvalue weighted by Crippen LogP contribution is -2.20. The van der Waals surface area contributed by atoms with Gasteiger partial charge in [0.1, 0.15) is 5.56 Å². The molecular weight excluding hydrogens is 284 g/mol. The molecule has 6 nitrogen and oxygen atoms in total. The highest BCUT2D eigenvalue weighted by atomic mass is 16.5. The molecule has 0 atom stereocenters. The molecule has 3 rings (SSSR count). The van der Waals surface area contributed by atoms with E-state index in [9.17, 15) is 9.59 Å². The van der Waals surface area contributed by atoms with Gasteiger partial charge < -0.3 is 14.5 Å². The zero-order valence-electron chi connectivity index (χ0n) is 11.7. The second kappa shape index (κ2) is 5.69. The van der Waals surface area contributed by atoms with E-state index < -0.39 is 11.5 Å².